The molecule has 1 aliphatic heterocycles. The number of β-amino-alcohol motifs (C(OH)–C–C–N with tert-alkyl or cyclic N) is 2. The van der Waals surface area contributed by atoms with Crippen molar-refractivity contribution in [1.29, 1.82) is 0 Å². The lowest BCUT2D eigenvalue weighted by molar-refractivity contribution is -0.139. The molecule has 0 unspecified atom stereocenters. The molecule has 0 aromatic rings. The van der Waals surface area contributed by atoms with E-state index in [1.54, 1.807) is 0 Å². The molecule has 1 fully saturated rings. The van der Waals surface area contributed by atoms with Crippen molar-refractivity contribution in [2.24, 2.45) is 0 Å². The van der Waals surface area contributed by atoms with Gasteiger partial charge >= 0.3 is 5.97 Å². The molecule has 13 heavy (non-hydrogen) atoms. The molecule has 1 heterocycles. The average Bonchev–Trinajstić information content (AvgIpc) is 1.81. The first-order chi connectivity index (χ1) is 5.58. The smallest absolute Gasteiger partial charge is 0.317 e. The molecule has 78 valence electrons. The van der Waals surface area contributed by atoms with E-state index in [4.69, 9.17) is 15.3 Å². The molecule has 1 rings (SSSR count). The summed E-state index contributed by atoms with van der Waals surface area (Å²) in [5.41, 5.74) is 0. The van der Waals surface area contributed by atoms with Crippen LogP contribution in [0.4, 0.5) is 0 Å². The van der Waals surface area contributed by atoms with Gasteiger partial charge in [-0.25, -0.2) is 0 Å². The molecule has 3 N–H and O–H groups in total. The highest BCUT2D eigenvalue weighted by atomic mass is 35.5. The number of carboxylic acid groups (broad SMARTS) is 1. The predicted octanol–water partition coefficient (Wildman–Crippen LogP) is -1.08. The fourth-order valence-electron chi connectivity index (χ4n) is 1.45. The third-order valence-corrected chi connectivity index (χ3v) is 1.84. The van der Waals surface area contributed by atoms with E-state index in [0.29, 0.717) is 19.5 Å². The topological polar surface area (TPSA) is 81.0 Å². The molecule has 0 spiro atoms. The molecule has 5 nitrogen and oxygen atoms in total. The maximum Gasteiger partial charge on any atom is 0.317 e. The summed E-state index contributed by atoms with van der Waals surface area (Å²) in [6.07, 6.45) is -0.864. The lowest BCUT2D eigenvalue weighted by Gasteiger charge is -2.31. The van der Waals surface area contributed by atoms with Crippen LogP contribution in [0.5, 0.6) is 0 Å². The zero-order valence-electron chi connectivity index (χ0n) is 7.09. The number of hydrogen-bond donors (Lipinski definition) is 3. The van der Waals surface area contributed by atoms with Crippen LogP contribution in [-0.4, -0.2) is 58.0 Å². The number of halogens is 1. The summed E-state index contributed by atoms with van der Waals surface area (Å²) >= 11 is 0. The Morgan fingerprint density at radius 3 is 2.15 bits per heavy atom. The van der Waals surface area contributed by atoms with Crippen LogP contribution in [0.15, 0.2) is 0 Å². The second kappa shape index (κ2) is 5.39. The number of carboxylic acids is 1. The molecular formula is C7H14ClNO4. The van der Waals surface area contributed by atoms with Crippen molar-refractivity contribution in [2.75, 3.05) is 19.6 Å². The van der Waals surface area contributed by atoms with Gasteiger partial charge in [0, 0.05) is 19.5 Å². The van der Waals surface area contributed by atoms with Gasteiger partial charge in [0.1, 0.15) is 0 Å². The fraction of sp³-hybridized carbons (Fsp3) is 0.857. The van der Waals surface area contributed by atoms with Crippen LogP contribution in [0.1, 0.15) is 6.42 Å². The van der Waals surface area contributed by atoms with Crippen LogP contribution in [-0.2, 0) is 4.79 Å². The first-order valence-electron chi connectivity index (χ1n) is 3.88. The Labute approximate surface area is 82.4 Å². The van der Waals surface area contributed by atoms with Gasteiger partial charge in [-0.3, -0.25) is 9.69 Å². The number of nitrogens with zero attached hydrogens (tertiary/aromatic N) is 1. The highest BCUT2D eigenvalue weighted by Crippen LogP contribution is 2.09. The van der Waals surface area contributed by atoms with Gasteiger partial charge in [-0.15, -0.1) is 12.4 Å². The van der Waals surface area contributed by atoms with E-state index in [9.17, 15) is 4.79 Å². The molecule has 0 aromatic heterocycles. The molecule has 0 aliphatic carbocycles. The standard InChI is InChI=1S/C7H13NO4.ClH/c9-5-1-6(10)3-8(2-5)4-7(11)12;/h5-6,9-10H,1-4H2,(H,11,12);1H/t5-,6+;. The Morgan fingerprint density at radius 2 is 1.77 bits per heavy atom. The summed E-state index contributed by atoms with van der Waals surface area (Å²) in [5, 5.41) is 26.8. The van der Waals surface area contributed by atoms with Crippen LogP contribution >= 0.6 is 12.4 Å². The van der Waals surface area contributed by atoms with Crippen molar-refractivity contribution in [3.63, 3.8) is 0 Å². The molecule has 2 atom stereocenters. The summed E-state index contributed by atoms with van der Waals surface area (Å²) in [6, 6.07) is 0. The number of rotatable bonds is 2. The van der Waals surface area contributed by atoms with Gasteiger partial charge in [-0.2, -0.15) is 0 Å². The third kappa shape index (κ3) is 4.42. The van der Waals surface area contributed by atoms with Gasteiger partial charge in [-0.05, 0) is 0 Å². The van der Waals surface area contributed by atoms with Gasteiger partial charge in [0.05, 0.1) is 18.8 Å². The Balaban J connectivity index is 0.00000144. The van der Waals surface area contributed by atoms with Gasteiger partial charge in [0.15, 0.2) is 0 Å². The molecule has 0 saturated carbocycles. The van der Waals surface area contributed by atoms with Crippen LogP contribution in [0.25, 0.3) is 0 Å². The van der Waals surface area contributed by atoms with Gasteiger partial charge in [0.2, 0.25) is 0 Å². The molecule has 0 bridgehead atoms. The summed E-state index contributed by atoms with van der Waals surface area (Å²) in [7, 11) is 0. The van der Waals surface area contributed by atoms with Crippen LogP contribution < -0.4 is 0 Å². The Hall–Kier alpha value is -0.360. The van der Waals surface area contributed by atoms with Crippen LogP contribution in [0, 0.1) is 0 Å². The van der Waals surface area contributed by atoms with Crippen LogP contribution in [0.2, 0.25) is 0 Å². The Kier molecular flexibility index (Phi) is 5.24. The number of aliphatic hydroxyl groups is 2. The highest BCUT2D eigenvalue weighted by molar-refractivity contribution is 5.85. The van der Waals surface area contributed by atoms with Gasteiger partial charge < -0.3 is 15.3 Å². The fourth-order valence-corrected chi connectivity index (χ4v) is 1.45. The van der Waals surface area contributed by atoms with E-state index in [-0.39, 0.29) is 19.0 Å². The maximum atomic E-state index is 10.3. The van der Waals surface area contributed by atoms with E-state index < -0.39 is 18.2 Å². The number of piperidine rings is 1. The molecular weight excluding hydrogens is 198 g/mol. The summed E-state index contributed by atoms with van der Waals surface area (Å²) in [4.78, 5) is 11.8. The number of aliphatic hydroxyl groups excluding tert-OH is 2. The van der Waals surface area contributed by atoms with Crippen LogP contribution in [0.3, 0.4) is 0 Å². The molecule has 0 aromatic carbocycles. The van der Waals surface area contributed by atoms with E-state index in [0.717, 1.165) is 0 Å². The van der Waals surface area contributed by atoms with Crippen molar-refractivity contribution in [1.82, 2.24) is 4.90 Å². The lowest BCUT2D eigenvalue weighted by atomic mass is 10.1. The van der Waals surface area contributed by atoms with Gasteiger partial charge in [-0.1, -0.05) is 0 Å². The van der Waals surface area contributed by atoms with Crippen molar-refractivity contribution in [3.8, 4) is 0 Å². The quantitative estimate of drug-likeness (QED) is 0.542. The first kappa shape index (κ1) is 12.6. The molecule has 1 saturated heterocycles. The minimum Gasteiger partial charge on any atom is -0.480 e. The minimum atomic E-state index is -0.934. The second-order valence-corrected chi connectivity index (χ2v) is 3.13. The number of aliphatic carboxylic acids is 1. The molecule has 6 heteroatoms. The summed E-state index contributed by atoms with van der Waals surface area (Å²) in [6.45, 7) is 0.556. The Morgan fingerprint density at radius 1 is 1.31 bits per heavy atom. The second-order valence-electron chi connectivity index (χ2n) is 3.13. The van der Waals surface area contributed by atoms with Crippen molar-refractivity contribution >= 4 is 18.4 Å². The van der Waals surface area contributed by atoms with E-state index in [1.165, 1.54) is 4.90 Å². The first-order valence-corrected chi connectivity index (χ1v) is 3.88. The van der Waals surface area contributed by atoms with E-state index >= 15 is 0 Å². The monoisotopic (exact) mass is 211 g/mol. The molecule has 0 radical (unpaired) electrons. The predicted molar refractivity (Wildman–Crippen MR) is 48.0 cm³/mol. The zero-order chi connectivity index (χ0) is 9.14. The van der Waals surface area contributed by atoms with Crippen molar-refractivity contribution in [2.45, 2.75) is 18.6 Å². The summed E-state index contributed by atoms with van der Waals surface area (Å²) in [5.74, 6) is -0.934. The lowest BCUT2D eigenvalue weighted by Crippen LogP contribution is -2.47. The average molecular weight is 212 g/mol. The molecule has 1 aliphatic rings. The van der Waals surface area contributed by atoms with Gasteiger partial charge in [0.25, 0.3) is 0 Å². The summed E-state index contributed by atoms with van der Waals surface area (Å²) < 4.78 is 0. The minimum absolute atomic E-state index is 0. The third-order valence-electron chi connectivity index (χ3n) is 1.84. The van der Waals surface area contributed by atoms with E-state index in [2.05, 4.69) is 0 Å². The number of likely N-dealkylation sites (tertiary alicyclic amines) is 1. The molecule has 0 amide bonds. The highest BCUT2D eigenvalue weighted by Gasteiger charge is 2.25. The Bertz CT molecular complexity index is 168. The van der Waals surface area contributed by atoms with Crippen molar-refractivity contribution in [3.05, 3.63) is 0 Å². The number of hydrogen-bond acceptors (Lipinski definition) is 4. The van der Waals surface area contributed by atoms with Crippen molar-refractivity contribution < 1.29 is 20.1 Å². The SMILES string of the molecule is Cl.O=C(O)CN1C[C@H](O)C[C@H](O)C1. The van der Waals surface area contributed by atoms with E-state index in [1.807, 2.05) is 0 Å². The zero-order valence-corrected chi connectivity index (χ0v) is 7.90. The number of carbonyl (C=O) groups is 1. The maximum absolute atomic E-state index is 10.3. The largest absolute Gasteiger partial charge is 0.480 e. The normalized spacial score (nSPS) is 29.4.